The Hall–Kier alpha value is -2.15. The predicted octanol–water partition coefficient (Wildman–Crippen LogP) is 2.79. The van der Waals surface area contributed by atoms with Gasteiger partial charge in [0, 0.05) is 11.3 Å². The van der Waals surface area contributed by atoms with Crippen molar-refractivity contribution < 1.29 is 18.3 Å². The molecule has 0 aliphatic heterocycles. The van der Waals surface area contributed by atoms with E-state index in [0.29, 0.717) is 11.3 Å². The van der Waals surface area contributed by atoms with E-state index in [-0.39, 0.29) is 17.7 Å². The zero-order valence-electron chi connectivity index (χ0n) is 13.0. The molecule has 124 valence electrons. The molecule has 0 saturated carbocycles. The van der Waals surface area contributed by atoms with Crippen molar-refractivity contribution in [3.63, 3.8) is 0 Å². The van der Waals surface area contributed by atoms with E-state index < -0.39 is 17.3 Å². The van der Waals surface area contributed by atoms with E-state index in [4.69, 9.17) is 0 Å². The van der Waals surface area contributed by atoms with Crippen molar-refractivity contribution in [3.8, 4) is 0 Å². The van der Waals surface area contributed by atoms with Crippen LogP contribution in [-0.2, 0) is 18.3 Å². The Morgan fingerprint density at radius 3 is 2.43 bits per heavy atom. The first-order valence-electron chi connectivity index (χ1n) is 6.95. The summed E-state index contributed by atoms with van der Waals surface area (Å²) in [4.78, 5) is 16.2. The molecule has 23 heavy (non-hydrogen) atoms. The zero-order chi connectivity index (χ0) is 17.4. The molecular weight excluding hydrogens is 309 g/mol. The summed E-state index contributed by atoms with van der Waals surface area (Å²) in [6.45, 7) is 4.47. The average molecular weight is 326 g/mol. The molecule has 4 nitrogen and oxygen atoms in total. The molecule has 1 aromatic carbocycles. The quantitative estimate of drug-likeness (QED) is 0.944. The number of aryl methyl sites for hydroxylation is 1. The van der Waals surface area contributed by atoms with Crippen molar-refractivity contribution in [2.24, 2.45) is 0 Å². The van der Waals surface area contributed by atoms with Crippen LogP contribution in [0.25, 0.3) is 0 Å². The van der Waals surface area contributed by atoms with Gasteiger partial charge in [0.15, 0.2) is 0 Å². The lowest BCUT2D eigenvalue weighted by atomic mass is 9.94. The van der Waals surface area contributed by atoms with Crippen molar-refractivity contribution in [1.82, 2.24) is 9.55 Å². The molecule has 2 aromatic rings. The number of aliphatic hydroxyl groups is 1. The van der Waals surface area contributed by atoms with Crippen LogP contribution in [0.15, 0.2) is 35.4 Å². The van der Waals surface area contributed by atoms with E-state index in [2.05, 4.69) is 4.98 Å². The third-order valence-corrected chi connectivity index (χ3v) is 3.81. The fourth-order valence-corrected chi connectivity index (χ4v) is 2.24. The van der Waals surface area contributed by atoms with Gasteiger partial charge in [0.2, 0.25) is 0 Å². The Morgan fingerprint density at radius 2 is 1.83 bits per heavy atom. The van der Waals surface area contributed by atoms with E-state index in [0.717, 1.165) is 12.1 Å². The monoisotopic (exact) mass is 326 g/mol. The second-order valence-electron chi connectivity index (χ2n) is 5.74. The van der Waals surface area contributed by atoms with Crippen LogP contribution in [0.1, 0.15) is 29.3 Å². The average Bonchev–Trinajstić information content (AvgIpc) is 2.47. The first kappa shape index (κ1) is 17.2. The minimum atomic E-state index is -4.50. The standard InChI is InChI=1S/C16H17F3N2O2/c1-10-11(2)20-9-21(14(10)22)8-15(3,23)12-5-4-6-13(7-12)16(17,18)19/h4-7,9,23H,8H2,1-3H3. The van der Waals surface area contributed by atoms with Crippen LogP contribution in [0.5, 0.6) is 0 Å². The summed E-state index contributed by atoms with van der Waals surface area (Å²) in [6, 6.07) is 4.45. The van der Waals surface area contributed by atoms with Gasteiger partial charge in [-0.3, -0.25) is 9.36 Å². The summed E-state index contributed by atoms with van der Waals surface area (Å²) in [5.74, 6) is 0. The summed E-state index contributed by atoms with van der Waals surface area (Å²) < 4.78 is 39.6. The number of alkyl halides is 3. The first-order chi connectivity index (χ1) is 10.5. The normalized spacial score (nSPS) is 14.6. The van der Waals surface area contributed by atoms with Gasteiger partial charge in [0.1, 0.15) is 5.60 Å². The Bertz CT molecular complexity index is 780. The van der Waals surface area contributed by atoms with Crippen molar-refractivity contribution >= 4 is 0 Å². The van der Waals surface area contributed by atoms with E-state index in [9.17, 15) is 23.1 Å². The summed E-state index contributed by atoms with van der Waals surface area (Å²) >= 11 is 0. The van der Waals surface area contributed by atoms with Crippen LogP contribution < -0.4 is 5.56 Å². The molecule has 2 rings (SSSR count). The number of rotatable bonds is 3. The number of benzene rings is 1. The minimum Gasteiger partial charge on any atom is -0.384 e. The van der Waals surface area contributed by atoms with E-state index in [1.807, 2.05) is 0 Å². The second-order valence-corrected chi connectivity index (χ2v) is 5.74. The summed E-state index contributed by atoms with van der Waals surface area (Å²) in [6.07, 6.45) is -3.21. The zero-order valence-corrected chi connectivity index (χ0v) is 13.0. The van der Waals surface area contributed by atoms with Gasteiger partial charge < -0.3 is 5.11 Å². The van der Waals surface area contributed by atoms with Crippen LogP contribution in [0.2, 0.25) is 0 Å². The number of hydrogen-bond acceptors (Lipinski definition) is 3. The van der Waals surface area contributed by atoms with E-state index in [1.165, 1.54) is 30.0 Å². The lowest BCUT2D eigenvalue weighted by Crippen LogP contribution is -2.34. The molecule has 0 fully saturated rings. The third kappa shape index (κ3) is 3.61. The predicted molar refractivity (Wildman–Crippen MR) is 79.0 cm³/mol. The van der Waals surface area contributed by atoms with Crippen molar-refractivity contribution in [1.29, 1.82) is 0 Å². The lowest BCUT2D eigenvalue weighted by molar-refractivity contribution is -0.137. The second kappa shape index (κ2) is 5.81. The Morgan fingerprint density at radius 1 is 1.22 bits per heavy atom. The molecule has 1 aromatic heterocycles. The van der Waals surface area contributed by atoms with Crippen LogP contribution in [0, 0.1) is 13.8 Å². The van der Waals surface area contributed by atoms with E-state index in [1.54, 1.807) is 13.8 Å². The highest BCUT2D eigenvalue weighted by atomic mass is 19.4. The van der Waals surface area contributed by atoms with Crippen LogP contribution in [-0.4, -0.2) is 14.7 Å². The summed E-state index contributed by atoms with van der Waals surface area (Å²) in [5, 5.41) is 10.6. The fourth-order valence-electron chi connectivity index (χ4n) is 2.24. The number of aromatic nitrogens is 2. The van der Waals surface area contributed by atoms with Gasteiger partial charge in [0.05, 0.1) is 18.4 Å². The van der Waals surface area contributed by atoms with Crippen LogP contribution in [0.4, 0.5) is 13.2 Å². The summed E-state index contributed by atoms with van der Waals surface area (Å²) in [7, 11) is 0. The molecule has 0 saturated heterocycles. The first-order valence-corrected chi connectivity index (χ1v) is 6.95. The van der Waals surface area contributed by atoms with Gasteiger partial charge in [-0.2, -0.15) is 13.2 Å². The maximum absolute atomic E-state index is 12.8. The van der Waals surface area contributed by atoms with E-state index >= 15 is 0 Å². The topological polar surface area (TPSA) is 55.1 Å². The smallest absolute Gasteiger partial charge is 0.384 e. The Kier molecular flexibility index (Phi) is 4.34. The fraction of sp³-hybridized carbons (Fsp3) is 0.375. The number of hydrogen-bond donors (Lipinski definition) is 1. The van der Waals surface area contributed by atoms with Gasteiger partial charge in [-0.1, -0.05) is 12.1 Å². The van der Waals surface area contributed by atoms with Gasteiger partial charge in [0.25, 0.3) is 5.56 Å². The molecular formula is C16H17F3N2O2. The van der Waals surface area contributed by atoms with Crippen LogP contribution in [0.3, 0.4) is 0 Å². The summed E-state index contributed by atoms with van der Waals surface area (Å²) in [5.41, 5.74) is -1.73. The molecule has 0 bridgehead atoms. The lowest BCUT2D eigenvalue weighted by Gasteiger charge is -2.25. The molecule has 0 aliphatic rings. The maximum Gasteiger partial charge on any atom is 0.416 e. The van der Waals surface area contributed by atoms with Gasteiger partial charge >= 0.3 is 6.18 Å². The molecule has 1 atom stereocenters. The SMILES string of the molecule is Cc1ncn(CC(C)(O)c2cccc(C(F)(F)F)c2)c(=O)c1C. The molecule has 0 spiro atoms. The van der Waals surface area contributed by atoms with Gasteiger partial charge in [-0.25, -0.2) is 4.98 Å². The largest absolute Gasteiger partial charge is 0.416 e. The molecule has 0 amide bonds. The van der Waals surface area contributed by atoms with Crippen LogP contribution >= 0.6 is 0 Å². The van der Waals surface area contributed by atoms with Crippen molar-refractivity contribution in [2.45, 2.75) is 39.1 Å². The number of halogens is 3. The highest BCUT2D eigenvalue weighted by Gasteiger charge is 2.33. The molecule has 1 heterocycles. The Labute approximate surface area is 131 Å². The molecule has 1 N–H and O–H groups in total. The third-order valence-electron chi connectivity index (χ3n) is 3.81. The molecule has 1 unspecified atom stereocenters. The minimum absolute atomic E-state index is 0.0810. The highest BCUT2D eigenvalue weighted by Crippen LogP contribution is 2.32. The van der Waals surface area contributed by atoms with Gasteiger partial charge in [-0.05, 0) is 38.5 Å². The van der Waals surface area contributed by atoms with Gasteiger partial charge in [-0.15, -0.1) is 0 Å². The molecule has 7 heteroatoms. The van der Waals surface area contributed by atoms with Crippen molar-refractivity contribution in [2.75, 3.05) is 0 Å². The van der Waals surface area contributed by atoms with Crippen molar-refractivity contribution in [3.05, 3.63) is 63.3 Å². The maximum atomic E-state index is 12.8. The molecule has 0 aliphatic carbocycles. The number of nitrogens with zero attached hydrogens (tertiary/aromatic N) is 2. The highest BCUT2D eigenvalue weighted by molar-refractivity contribution is 5.29. The Balaban J connectivity index is 2.40. The molecule has 0 radical (unpaired) electrons.